The topological polar surface area (TPSA) is 0 Å². The van der Waals surface area contributed by atoms with Crippen LogP contribution in [0.2, 0.25) is 0 Å². The largest absolute Gasteiger partial charge is 0.0955 e. The summed E-state index contributed by atoms with van der Waals surface area (Å²) in [5, 5.41) is 2.79. The van der Waals surface area contributed by atoms with Crippen LogP contribution in [0.5, 0.6) is 0 Å². The first-order chi connectivity index (χ1) is 8.77. The molecule has 6 unspecified atom stereocenters. The molecule has 0 aromatic heterocycles. The van der Waals surface area contributed by atoms with Crippen LogP contribution < -0.4 is 0 Å². The zero-order valence-electron chi connectivity index (χ0n) is 13.3. The summed E-state index contributed by atoms with van der Waals surface area (Å²) in [5.41, 5.74) is 3.28. The lowest BCUT2D eigenvalue weighted by Crippen LogP contribution is -2.38. The molecule has 5 aliphatic rings. The summed E-state index contributed by atoms with van der Waals surface area (Å²) < 4.78 is 0. The molecule has 0 radical (unpaired) electrons. The maximum atomic E-state index is 2.60. The second-order valence-corrected chi connectivity index (χ2v) is 13.1. The Bertz CT molecular complexity index is 470. The fourth-order valence-corrected chi connectivity index (χ4v) is 14.9. The Kier molecular flexibility index (Phi) is 2.44. The molecule has 5 rings (SSSR count). The van der Waals surface area contributed by atoms with Crippen LogP contribution in [0.3, 0.4) is 0 Å². The van der Waals surface area contributed by atoms with Crippen LogP contribution in [0.1, 0.15) is 60.8 Å². The standard InChI is InChI=1S/C17H28P2/c1-7-16(5,6)17-10-8-9-11-13(12(10)17)18-14(19(11)17)15(2,3)4/h10-13H,7-9H2,1-6H3. The van der Waals surface area contributed by atoms with Crippen molar-refractivity contribution in [1.29, 1.82) is 0 Å². The zero-order chi connectivity index (χ0) is 13.8. The highest BCUT2D eigenvalue weighted by Crippen LogP contribution is 2.95. The van der Waals surface area contributed by atoms with E-state index in [-0.39, 0.29) is 7.92 Å². The van der Waals surface area contributed by atoms with Crippen LogP contribution in [-0.2, 0) is 0 Å². The molecule has 0 spiro atoms. The Morgan fingerprint density at radius 2 is 1.89 bits per heavy atom. The van der Waals surface area contributed by atoms with Crippen molar-refractivity contribution in [3.63, 3.8) is 0 Å². The van der Waals surface area contributed by atoms with Gasteiger partial charge in [0, 0.05) is 10.8 Å². The summed E-state index contributed by atoms with van der Waals surface area (Å²) >= 11 is 0. The molecule has 19 heavy (non-hydrogen) atoms. The van der Waals surface area contributed by atoms with Crippen LogP contribution in [-0.4, -0.2) is 21.5 Å². The van der Waals surface area contributed by atoms with Crippen molar-refractivity contribution in [2.24, 2.45) is 22.7 Å². The summed E-state index contributed by atoms with van der Waals surface area (Å²) in [6.07, 6.45) is 4.53. The van der Waals surface area contributed by atoms with E-state index in [4.69, 9.17) is 0 Å². The Labute approximate surface area is 121 Å². The van der Waals surface area contributed by atoms with Crippen molar-refractivity contribution >= 4 is 21.2 Å². The molecule has 0 N–H and O–H groups in total. The maximum Gasteiger partial charge on any atom is 0.0123 e. The molecule has 4 fully saturated rings. The third-order valence-electron chi connectivity index (χ3n) is 6.80. The predicted molar refractivity (Wildman–Crippen MR) is 88.9 cm³/mol. The summed E-state index contributed by atoms with van der Waals surface area (Å²) in [4.78, 5) is 0. The van der Waals surface area contributed by atoms with Crippen molar-refractivity contribution in [3.05, 3.63) is 0 Å². The Morgan fingerprint density at radius 1 is 1.21 bits per heavy atom. The number of hydrogen-bond acceptors (Lipinski definition) is 0. The first kappa shape index (κ1) is 13.3. The molecule has 106 valence electrons. The molecule has 2 aliphatic carbocycles. The minimum atomic E-state index is 0.205. The van der Waals surface area contributed by atoms with Gasteiger partial charge < -0.3 is 0 Å². The Morgan fingerprint density at radius 3 is 2.42 bits per heavy atom. The summed E-state index contributed by atoms with van der Waals surface area (Å²) in [6.45, 7) is 15.1. The quantitative estimate of drug-likeness (QED) is 0.584. The van der Waals surface area contributed by atoms with Gasteiger partial charge in [-0.3, -0.25) is 0 Å². The van der Waals surface area contributed by atoms with Crippen LogP contribution >= 0.6 is 16.1 Å². The van der Waals surface area contributed by atoms with E-state index in [9.17, 15) is 0 Å². The lowest BCUT2D eigenvalue weighted by molar-refractivity contribution is 0.295. The van der Waals surface area contributed by atoms with Gasteiger partial charge in [0.05, 0.1) is 0 Å². The van der Waals surface area contributed by atoms with Crippen molar-refractivity contribution in [3.8, 4) is 0 Å². The lowest BCUT2D eigenvalue weighted by Gasteiger charge is -2.46. The summed E-state index contributed by atoms with van der Waals surface area (Å²) in [5.74, 6) is 2.26. The van der Waals surface area contributed by atoms with Crippen LogP contribution in [0.4, 0.5) is 0 Å². The van der Waals surface area contributed by atoms with Gasteiger partial charge in [0.25, 0.3) is 0 Å². The molecule has 6 bridgehead atoms. The number of rotatable bonds is 2. The van der Waals surface area contributed by atoms with Gasteiger partial charge in [-0.25, -0.2) is 0 Å². The van der Waals surface area contributed by atoms with Gasteiger partial charge in [-0.15, -0.1) is 0 Å². The van der Waals surface area contributed by atoms with Crippen molar-refractivity contribution < 1.29 is 0 Å². The SMILES string of the molecule is CCC(C)(C)C12C3CCC4C(P=C(C(C)(C)C)P41)C32. The third kappa shape index (κ3) is 1.27. The highest BCUT2D eigenvalue weighted by Gasteiger charge is 2.85. The average Bonchev–Trinajstić information content (AvgIpc) is 2.82. The monoisotopic (exact) mass is 294 g/mol. The van der Waals surface area contributed by atoms with Crippen molar-refractivity contribution in [2.75, 3.05) is 0 Å². The van der Waals surface area contributed by atoms with Crippen LogP contribution in [0.15, 0.2) is 0 Å². The molecule has 3 aliphatic heterocycles. The smallest absolute Gasteiger partial charge is 0.0123 e. The molecule has 0 nitrogen and oxygen atoms in total. The van der Waals surface area contributed by atoms with E-state index in [1.165, 1.54) is 6.42 Å². The lowest BCUT2D eigenvalue weighted by atomic mass is 9.81. The molecule has 3 heterocycles. The van der Waals surface area contributed by atoms with Gasteiger partial charge in [0.1, 0.15) is 0 Å². The van der Waals surface area contributed by atoms with E-state index in [0.29, 0.717) is 10.8 Å². The van der Waals surface area contributed by atoms with Crippen LogP contribution in [0, 0.1) is 22.7 Å². The van der Waals surface area contributed by atoms with E-state index in [1.54, 1.807) is 21.0 Å². The third-order valence-corrected chi connectivity index (χ3v) is 14.3. The highest BCUT2D eigenvalue weighted by atomic mass is 31.1. The second-order valence-electron chi connectivity index (χ2n) is 8.90. The second kappa shape index (κ2) is 3.50. The Balaban J connectivity index is 1.83. The minimum Gasteiger partial charge on any atom is -0.0955 e. The molecule has 0 aromatic rings. The van der Waals surface area contributed by atoms with Gasteiger partial charge in [0.2, 0.25) is 0 Å². The predicted octanol–water partition coefficient (Wildman–Crippen LogP) is 5.57. The van der Waals surface area contributed by atoms with E-state index >= 15 is 0 Å². The summed E-state index contributed by atoms with van der Waals surface area (Å²) in [6, 6.07) is 0. The molecule has 0 amide bonds. The fourth-order valence-electron chi connectivity index (χ4n) is 5.85. The van der Waals surface area contributed by atoms with Crippen LogP contribution in [0.25, 0.3) is 0 Å². The molecule has 0 aromatic carbocycles. The van der Waals surface area contributed by atoms with Gasteiger partial charge in [-0.1, -0.05) is 64.1 Å². The average molecular weight is 294 g/mol. The van der Waals surface area contributed by atoms with Gasteiger partial charge >= 0.3 is 0 Å². The van der Waals surface area contributed by atoms with Gasteiger partial charge in [-0.2, -0.15) is 0 Å². The van der Waals surface area contributed by atoms with Crippen molar-refractivity contribution in [2.45, 2.75) is 77.3 Å². The molecule has 2 saturated heterocycles. The fraction of sp³-hybridized carbons (Fsp3) is 0.941. The van der Waals surface area contributed by atoms with Crippen molar-refractivity contribution in [1.82, 2.24) is 0 Å². The minimum absolute atomic E-state index is 0.205. The van der Waals surface area contributed by atoms with E-state index < -0.39 is 0 Å². The maximum absolute atomic E-state index is 2.60. The zero-order valence-corrected chi connectivity index (χ0v) is 15.1. The van der Waals surface area contributed by atoms with E-state index in [0.717, 1.165) is 28.3 Å². The summed E-state index contributed by atoms with van der Waals surface area (Å²) in [7, 11) is 2.00. The molecule has 2 heteroatoms. The molecular weight excluding hydrogens is 266 g/mol. The molecular formula is C17H28P2. The first-order valence-electron chi connectivity index (χ1n) is 8.14. The Hall–Kier alpha value is 0.600. The molecule has 6 atom stereocenters. The normalized spacial score (nSPS) is 51.3. The first-order valence-corrected chi connectivity index (χ1v) is 10.5. The highest BCUT2D eigenvalue weighted by molar-refractivity contribution is 7.90. The van der Waals surface area contributed by atoms with E-state index in [1.807, 2.05) is 5.03 Å². The van der Waals surface area contributed by atoms with Gasteiger partial charge in [-0.05, 0) is 46.2 Å². The number of fused-ring (bicyclic) bond motifs is 1. The molecule has 2 saturated carbocycles. The number of hydrogen-bond donors (Lipinski definition) is 0. The van der Waals surface area contributed by atoms with E-state index in [2.05, 4.69) is 41.5 Å². The van der Waals surface area contributed by atoms with Gasteiger partial charge in [0.15, 0.2) is 0 Å².